The highest BCUT2D eigenvalue weighted by atomic mass is 32.2. The number of carbonyl (C=O) groups is 2. The van der Waals surface area contributed by atoms with Gasteiger partial charge in [-0.25, -0.2) is 17.5 Å². The number of imide groups is 1. The lowest BCUT2D eigenvalue weighted by Gasteiger charge is -2.17. The predicted octanol–water partition coefficient (Wildman–Crippen LogP) is 2.10. The topological polar surface area (TPSA) is 83.6 Å². The second-order valence-corrected chi connectivity index (χ2v) is 7.89. The molecule has 1 N–H and O–H groups in total. The van der Waals surface area contributed by atoms with Gasteiger partial charge in [-0.2, -0.15) is 0 Å². The van der Waals surface area contributed by atoms with E-state index in [-0.39, 0.29) is 17.7 Å². The first-order chi connectivity index (χ1) is 12.3. The number of nitrogens with zero attached hydrogens (tertiary/aromatic N) is 1. The van der Waals surface area contributed by atoms with Crippen molar-refractivity contribution in [2.45, 2.75) is 13.0 Å². The van der Waals surface area contributed by atoms with Crippen molar-refractivity contribution in [3.63, 3.8) is 0 Å². The first-order valence-electron chi connectivity index (χ1n) is 7.99. The minimum absolute atomic E-state index is 0.238. The molecule has 0 saturated heterocycles. The van der Waals surface area contributed by atoms with Crippen LogP contribution >= 0.6 is 0 Å². The number of fused-ring (bicyclic) bond motifs is 1. The third-order valence-electron chi connectivity index (χ3n) is 4.19. The van der Waals surface area contributed by atoms with Crippen molar-refractivity contribution >= 4 is 21.8 Å². The maximum absolute atomic E-state index is 13.0. The van der Waals surface area contributed by atoms with Gasteiger partial charge in [0.25, 0.3) is 11.8 Å². The van der Waals surface area contributed by atoms with Gasteiger partial charge in [0.05, 0.1) is 16.9 Å². The Morgan fingerprint density at radius 1 is 1.00 bits per heavy atom. The van der Waals surface area contributed by atoms with E-state index >= 15 is 0 Å². The number of rotatable bonds is 6. The van der Waals surface area contributed by atoms with Gasteiger partial charge >= 0.3 is 0 Å². The van der Waals surface area contributed by atoms with Crippen LogP contribution in [0, 0.1) is 5.82 Å². The maximum Gasteiger partial charge on any atom is 0.261 e. The summed E-state index contributed by atoms with van der Waals surface area (Å²) in [5, 5.41) is 0. The number of carbonyl (C=O) groups excluding carboxylic acids is 2. The van der Waals surface area contributed by atoms with Crippen LogP contribution in [0.15, 0.2) is 48.5 Å². The van der Waals surface area contributed by atoms with Crippen LogP contribution < -0.4 is 4.72 Å². The third-order valence-corrected chi connectivity index (χ3v) is 5.62. The van der Waals surface area contributed by atoms with E-state index in [4.69, 9.17) is 0 Å². The smallest absolute Gasteiger partial charge is 0.261 e. The van der Waals surface area contributed by atoms with Crippen LogP contribution in [0.1, 0.15) is 39.2 Å². The summed E-state index contributed by atoms with van der Waals surface area (Å²) in [6, 6.07) is 11.3. The van der Waals surface area contributed by atoms with Crippen molar-refractivity contribution in [1.82, 2.24) is 9.62 Å². The van der Waals surface area contributed by atoms with Gasteiger partial charge in [0.2, 0.25) is 10.0 Å². The average Bonchev–Trinajstić information content (AvgIpc) is 2.85. The molecular formula is C18H17FN2O4S. The van der Waals surface area contributed by atoms with E-state index < -0.39 is 39.4 Å². The molecule has 2 amide bonds. The summed E-state index contributed by atoms with van der Waals surface area (Å²) in [5.74, 6) is -1.81. The summed E-state index contributed by atoms with van der Waals surface area (Å²) in [6.45, 7) is 1.39. The Kier molecular flexibility index (Phi) is 4.88. The summed E-state index contributed by atoms with van der Waals surface area (Å²) in [5.41, 5.74) is 1.17. The SMILES string of the molecule is CC(NS(=O)(=O)CCN1C(=O)c2ccccc2C1=O)c1ccc(F)cc1. The molecule has 8 heteroatoms. The van der Waals surface area contributed by atoms with Gasteiger partial charge in [-0.15, -0.1) is 0 Å². The standard InChI is InChI=1S/C18H17FN2O4S/c1-12(13-6-8-14(19)9-7-13)20-26(24,25)11-10-21-17(22)15-4-2-3-5-16(15)18(21)23/h2-9,12,20H,10-11H2,1H3. The van der Waals surface area contributed by atoms with Gasteiger partial charge in [-0.3, -0.25) is 14.5 Å². The van der Waals surface area contributed by atoms with Crippen LogP contribution in [-0.2, 0) is 10.0 Å². The summed E-state index contributed by atoms with van der Waals surface area (Å²) in [6.07, 6.45) is 0. The second kappa shape index (κ2) is 6.97. The van der Waals surface area contributed by atoms with E-state index in [1.807, 2.05) is 0 Å². The molecule has 0 aliphatic carbocycles. The number of nitrogens with one attached hydrogen (secondary N) is 1. The van der Waals surface area contributed by atoms with Crippen molar-refractivity contribution in [3.8, 4) is 0 Å². The zero-order chi connectivity index (χ0) is 18.9. The van der Waals surface area contributed by atoms with Crippen LogP contribution in [0.2, 0.25) is 0 Å². The normalized spacial score (nSPS) is 15.2. The lowest BCUT2D eigenvalue weighted by molar-refractivity contribution is 0.0664. The average molecular weight is 376 g/mol. The molecule has 1 unspecified atom stereocenters. The van der Waals surface area contributed by atoms with Gasteiger partial charge in [0, 0.05) is 12.6 Å². The van der Waals surface area contributed by atoms with Crippen molar-refractivity contribution in [3.05, 3.63) is 71.0 Å². The lowest BCUT2D eigenvalue weighted by atomic mass is 10.1. The van der Waals surface area contributed by atoms with Gasteiger partial charge in [0.1, 0.15) is 5.82 Å². The van der Waals surface area contributed by atoms with Crippen LogP contribution in [0.3, 0.4) is 0 Å². The first-order valence-corrected chi connectivity index (χ1v) is 9.64. The number of sulfonamides is 1. The van der Waals surface area contributed by atoms with Crippen LogP contribution in [0.25, 0.3) is 0 Å². The van der Waals surface area contributed by atoms with E-state index in [1.54, 1.807) is 31.2 Å². The Hall–Kier alpha value is -2.58. The molecule has 1 atom stereocenters. The highest BCUT2D eigenvalue weighted by molar-refractivity contribution is 7.89. The molecule has 0 radical (unpaired) electrons. The van der Waals surface area contributed by atoms with Gasteiger partial charge in [-0.1, -0.05) is 24.3 Å². The van der Waals surface area contributed by atoms with Gasteiger partial charge in [-0.05, 0) is 36.8 Å². The molecule has 1 heterocycles. The number of hydrogen-bond acceptors (Lipinski definition) is 4. The third kappa shape index (κ3) is 3.66. The molecule has 0 aromatic heterocycles. The fourth-order valence-electron chi connectivity index (χ4n) is 2.80. The Balaban J connectivity index is 1.65. The van der Waals surface area contributed by atoms with E-state index in [1.165, 1.54) is 24.3 Å². The Labute approximate surface area is 150 Å². The zero-order valence-electron chi connectivity index (χ0n) is 14.0. The molecular weight excluding hydrogens is 359 g/mol. The van der Waals surface area contributed by atoms with Gasteiger partial charge < -0.3 is 0 Å². The van der Waals surface area contributed by atoms with E-state index in [2.05, 4.69) is 4.72 Å². The van der Waals surface area contributed by atoms with Gasteiger partial charge in [0.15, 0.2) is 0 Å². The quantitative estimate of drug-likeness (QED) is 0.783. The molecule has 0 spiro atoms. The molecule has 0 bridgehead atoms. The largest absolute Gasteiger partial charge is 0.273 e. The molecule has 6 nitrogen and oxygen atoms in total. The van der Waals surface area contributed by atoms with Crippen LogP contribution in [-0.4, -0.2) is 37.4 Å². The lowest BCUT2D eigenvalue weighted by Crippen LogP contribution is -2.38. The molecule has 1 aliphatic heterocycles. The Morgan fingerprint density at radius 3 is 2.08 bits per heavy atom. The monoisotopic (exact) mass is 376 g/mol. The summed E-state index contributed by atoms with van der Waals surface area (Å²) in [4.78, 5) is 25.4. The molecule has 0 fully saturated rings. The fraction of sp³-hybridized carbons (Fsp3) is 0.222. The number of amides is 2. The first kappa shape index (κ1) is 18.2. The maximum atomic E-state index is 13.0. The number of halogens is 1. The van der Waals surface area contributed by atoms with Crippen molar-refractivity contribution in [1.29, 1.82) is 0 Å². The molecule has 26 heavy (non-hydrogen) atoms. The molecule has 136 valence electrons. The minimum atomic E-state index is -3.75. The summed E-state index contributed by atoms with van der Waals surface area (Å²) < 4.78 is 40.0. The van der Waals surface area contributed by atoms with Crippen LogP contribution in [0.4, 0.5) is 4.39 Å². The number of benzene rings is 2. The second-order valence-electron chi connectivity index (χ2n) is 6.02. The Bertz CT molecular complexity index is 922. The molecule has 1 aliphatic rings. The van der Waals surface area contributed by atoms with E-state index in [9.17, 15) is 22.4 Å². The Morgan fingerprint density at radius 2 is 1.54 bits per heavy atom. The molecule has 2 aromatic rings. The van der Waals surface area contributed by atoms with E-state index in [0.29, 0.717) is 5.56 Å². The summed E-state index contributed by atoms with van der Waals surface area (Å²) in [7, 11) is -3.75. The van der Waals surface area contributed by atoms with Crippen molar-refractivity contribution in [2.75, 3.05) is 12.3 Å². The highest BCUT2D eigenvalue weighted by Crippen LogP contribution is 2.22. The highest BCUT2D eigenvalue weighted by Gasteiger charge is 2.35. The van der Waals surface area contributed by atoms with Crippen molar-refractivity contribution in [2.24, 2.45) is 0 Å². The van der Waals surface area contributed by atoms with Crippen LogP contribution in [0.5, 0.6) is 0 Å². The molecule has 3 rings (SSSR count). The fourth-order valence-corrected chi connectivity index (χ4v) is 4.02. The number of hydrogen-bond donors (Lipinski definition) is 1. The minimum Gasteiger partial charge on any atom is -0.273 e. The predicted molar refractivity (Wildman–Crippen MR) is 93.5 cm³/mol. The molecule has 0 saturated carbocycles. The summed E-state index contributed by atoms with van der Waals surface area (Å²) >= 11 is 0. The zero-order valence-corrected chi connectivity index (χ0v) is 14.8. The molecule has 2 aromatic carbocycles. The van der Waals surface area contributed by atoms with E-state index in [0.717, 1.165) is 4.90 Å². The van der Waals surface area contributed by atoms with Crippen molar-refractivity contribution < 1.29 is 22.4 Å².